The number of nitrogens with one attached hydrogen (secondary N) is 2. The smallest absolute Gasteiger partial charge is 0.191 e. The second-order valence-corrected chi connectivity index (χ2v) is 10.4. The summed E-state index contributed by atoms with van der Waals surface area (Å²) in [5.41, 5.74) is 1.22. The Morgan fingerprint density at radius 2 is 1.90 bits per heavy atom. The van der Waals surface area contributed by atoms with Crippen molar-refractivity contribution in [1.29, 1.82) is 0 Å². The van der Waals surface area contributed by atoms with Gasteiger partial charge in [-0.1, -0.05) is 25.3 Å². The van der Waals surface area contributed by atoms with Gasteiger partial charge in [-0.25, -0.2) is 12.8 Å². The van der Waals surface area contributed by atoms with Crippen molar-refractivity contribution >= 4 is 15.8 Å². The summed E-state index contributed by atoms with van der Waals surface area (Å²) in [7, 11) is 2.72. The van der Waals surface area contributed by atoms with Crippen molar-refractivity contribution in [2.24, 2.45) is 10.9 Å². The van der Waals surface area contributed by atoms with Crippen LogP contribution in [0.15, 0.2) is 23.2 Å². The number of hydrogen-bond donors (Lipinski definition) is 2. The lowest BCUT2D eigenvalue weighted by Gasteiger charge is -2.35. The topological polar surface area (TPSA) is 73.8 Å². The Balaban J connectivity index is 1.99. The van der Waals surface area contributed by atoms with Gasteiger partial charge in [0.05, 0.1) is 5.75 Å². The molecule has 0 heterocycles. The number of hydrogen-bond acceptors (Lipinski definition) is 4. The van der Waals surface area contributed by atoms with Crippen LogP contribution in [-0.4, -0.2) is 59.3 Å². The molecule has 0 spiro atoms. The van der Waals surface area contributed by atoms with Crippen LogP contribution in [0.25, 0.3) is 0 Å². The summed E-state index contributed by atoms with van der Waals surface area (Å²) in [5, 5.41) is 6.58. The van der Waals surface area contributed by atoms with Gasteiger partial charge < -0.3 is 15.5 Å². The van der Waals surface area contributed by atoms with E-state index < -0.39 is 9.84 Å². The zero-order valence-electron chi connectivity index (χ0n) is 18.0. The zero-order valence-corrected chi connectivity index (χ0v) is 18.9. The maximum Gasteiger partial charge on any atom is 0.191 e. The van der Waals surface area contributed by atoms with Crippen LogP contribution in [0, 0.1) is 11.7 Å². The number of sulfone groups is 1. The number of halogens is 1. The average molecular weight is 427 g/mol. The Morgan fingerprint density at radius 1 is 1.21 bits per heavy atom. The van der Waals surface area contributed by atoms with Crippen LogP contribution in [0.2, 0.25) is 0 Å². The predicted molar refractivity (Wildman–Crippen MR) is 117 cm³/mol. The van der Waals surface area contributed by atoms with E-state index in [9.17, 15) is 12.8 Å². The summed E-state index contributed by atoms with van der Waals surface area (Å²) in [5.74, 6) is 0.809. The van der Waals surface area contributed by atoms with Crippen LogP contribution in [0.5, 0.6) is 0 Å². The lowest BCUT2D eigenvalue weighted by molar-refractivity contribution is 0.171. The highest BCUT2D eigenvalue weighted by Crippen LogP contribution is 2.28. The van der Waals surface area contributed by atoms with Crippen molar-refractivity contribution < 1.29 is 12.8 Å². The van der Waals surface area contributed by atoms with Crippen LogP contribution in [0.4, 0.5) is 4.39 Å². The number of nitrogens with zero attached hydrogens (tertiary/aromatic N) is 2. The molecule has 2 rings (SSSR count). The summed E-state index contributed by atoms with van der Waals surface area (Å²) in [6, 6.07) is 4.63. The van der Waals surface area contributed by atoms with Crippen LogP contribution in [-0.2, 0) is 22.1 Å². The Kier molecular flexibility index (Phi) is 8.89. The number of rotatable bonds is 8. The molecule has 1 saturated carbocycles. The Morgan fingerprint density at radius 3 is 2.48 bits per heavy atom. The monoisotopic (exact) mass is 426 g/mol. The van der Waals surface area contributed by atoms with Crippen molar-refractivity contribution in [2.75, 3.05) is 33.9 Å². The molecule has 1 aromatic rings. The lowest BCUT2D eigenvalue weighted by atomic mass is 9.83. The van der Waals surface area contributed by atoms with Crippen molar-refractivity contribution in [3.05, 3.63) is 35.1 Å². The second kappa shape index (κ2) is 10.9. The first-order valence-corrected chi connectivity index (χ1v) is 12.3. The van der Waals surface area contributed by atoms with Gasteiger partial charge in [0.2, 0.25) is 0 Å². The molecule has 1 aromatic carbocycles. The second-order valence-electron chi connectivity index (χ2n) is 8.22. The molecule has 1 aliphatic carbocycles. The molecule has 0 radical (unpaired) electrons. The normalized spacial score (nSPS) is 17.4. The molecule has 8 heteroatoms. The largest absolute Gasteiger partial charge is 0.355 e. The average Bonchev–Trinajstić information content (AvgIpc) is 2.66. The highest BCUT2D eigenvalue weighted by atomic mass is 32.2. The van der Waals surface area contributed by atoms with Gasteiger partial charge in [-0.3, -0.25) is 4.99 Å². The van der Waals surface area contributed by atoms with Gasteiger partial charge >= 0.3 is 0 Å². The number of guanidine groups is 1. The number of aliphatic imine (C=N–C) groups is 1. The van der Waals surface area contributed by atoms with Crippen LogP contribution < -0.4 is 10.6 Å². The molecule has 29 heavy (non-hydrogen) atoms. The summed E-state index contributed by atoms with van der Waals surface area (Å²) < 4.78 is 37.0. The molecule has 2 N–H and O–H groups in total. The molecule has 0 amide bonds. The third-order valence-corrected chi connectivity index (χ3v) is 6.43. The van der Waals surface area contributed by atoms with Gasteiger partial charge in [0.1, 0.15) is 5.82 Å². The summed E-state index contributed by atoms with van der Waals surface area (Å²) in [6.07, 6.45) is 7.62. The first-order valence-electron chi connectivity index (χ1n) is 10.3. The van der Waals surface area contributed by atoms with Crippen LogP contribution in [0.3, 0.4) is 0 Å². The third-order valence-electron chi connectivity index (χ3n) is 5.59. The third kappa shape index (κ3) is 7.93. The minimum Gasteiger partial charge on any atom is -0.355 e. The van der Waals surface area contributed by atoms with Crippen LogP contribution >= 0.6 is 0 Å². The molecule has 0 bridgehead atoms. The number of likely N-dealkylation sites (N-methyl/N-ethyl adjacent to an activating group) is 1. The molecule has 1 aliphatic rings. The van der Waals surface area contributed by atoms with E-state index in [1.54, 1.807) is 7.05 Å². The van der Waals surface area contributed by atoms with E-state index in [0.29, 0.717) is 35.6 Å². The maximum atomic E-state index is 13.7. The fraction of sp³-hybridized carbons (Fsp3) is 0.667. The quantitative estimate of drug-likeness (QED) is 0.494. The van der Waals surface area contributed by atoms with E-state index >= 15 is 0 Å². The highest BCUT2D eigenvalue weighted by Gasteiger charge is 2.25. The van der Waals surface area contributed by atoms with E-state index in [-0.39, 0.29) is 11.6 Å². The van der Waals surface area contributed by atoms with Crippen molar-refractivity contribution in [1.82, 2.24) is 15.5 Å². The van der Waals surface area contributed by atoms with Gasteiger partial charge in [0, 0.05) is 32.4 Å². The Hall–Kier alpha value is -1.67. The summed E-state index contributed by atoms with van der Waals surface area (Å²) >= 11 is 0. The van der Waals surface area contributed by atoms with Crippen molar-refractivity contribution in [2.45, 2.75) is 50.4 Å². The maximum absolute atomic E-state index is 13.7. The Bertz CT molecular complexity index is 790. The molecule has 0 aliphatic heterocycles. The first-order chi connectivity index (χ1) is 13.7. The van der Waals surface area contributed by atoms with E-state index in [1.165, 1.54) is 56.6 Å². The van der Waals surface area contributed by atoms with E-state index in [0.717, 1.165) is 6.54 Å². The molecular formula is C21H35FN4O2S. The van der Waals surface area contributed by atoms with Gasteiger partial charge in [-0.15, -0.1) is 0 Å². The molecule has 164 valence electrons. The standard InChI is InChI=1S/C21H35FN4O2S/c1-23-21(25-14-20(26(2)3)16-8-6-5-7-9-16)24-13-18-12-19(22)11-10-17(18)15-29(4,27)28/h10-12,16,20H,5-9,13-15H2,1-4H3,(H2,23,24,25). The SMILES string of the molecule is CN=C(NCc1cc(F)ccc1CS(C)(=O)=O)NCC(C1CCCCC1)N(C)C. The molecule has 1 fully saturated rings. The van der Waals surface area contributed by atoms with Crippen molar-refractivity contribution in [3.8, 4) is 0 Å². The molecule has 0 aromatic heterocycles. The summed E-state index contributed by atoms with van der Waals surface area (Å²) in [4.78, 5) is 6.54. The molecule has 1 unspecified atom stereocenters. The molecule has 6 nitrogen and oxygen atoms in total. The highest BCUT2D eigenvalue weighted by molar-refractivity contribution is 7.89. The first kappa shape index (κ1) is 23.6. The lowest BCUT2D eigenvalue weighted by Crippen LogP contribution is -2.48. The Labute approximate surface area is 174 Å². The van der Waals surface area contributed by atoms with E-state index in [4.69, 9.17) is 0 Å². The van der Waals surface area contributed by atoms with Gasteiger partial charge in [0.15, 0.2) is 15.8 Å². The molecule has 1 atom stereocenters. The minimum atomic E-state index is -3.20. The summed E-state index contributed by atoms with van der Waals surface area (Å²) in [6.45, 7) is 1.08. The van der Waals surface area contributed by atoms with Gasteiger partial charge in [-0.2, -0.15) is 0 Å². The van der Waals surface area contributed by atoms with E-state index in [2.05, 4.69) is 34.6 Å². The zero-order chi connectivity index (χ0) is 21.4. The van der Waals surface area contributed by atoms with Gasteiger partial charge in [0.25, 0.3) is 0 Å². The molecule has 0 saturated heterocycles. The van der Waals surface area contributed by atoms with Crippen molar-refractivity contribution in [3.63, 3.8) is 0 Å². The van der Waals surface area contributed by atoms with Gasteiger partial charge in [-0.05, 0) is 56.1 Å². The minimum absolute atomic E-state index is 0.110. The predicted octanol–water partition coefficient (Wildman–Crippen LogP) is 2.55. The fourth-order valence-electron chi connectivity index (χ4n) is 4.07. The fourth-order valence-corrected chi connectivity index (χ4v) is 4.92. The molecular weight excluding hydrogens is 391 g/mol. The number of benzene rings is 1. The van der Waals surface area contributed by atoms with Crippen LogP contribution in [0.1, 0.15) is 43.2 Å². The van der Waals surface area contributed by atoms with E-state index in [1.807, 2.05) is 0 Å².